The number of carbonyl (C=O) groups is 2. The Morgan fingerprint density at radius 3 is 2.46 bits per heavy atom. The molecule has 4 nitrogen and oxygen atoms in total. The van der Waals surface area contributed by atoms with Crippen LogP contribution in [0, 0.1) is 0 Å². The Bertz CT molecular complexity index is 868. The van der Waals surface area contributed by atoms with Crippen LogP contribution in [0.3, 0.4) is 0 Å². The van der Waals surface area contributed by atoms with Gasteiger partial charge in [-0.05, 0) is 35.7 Å². The van der Waals surface area contributed by atoms with Gasteiger partial charge in [-0.25, -0.2) is 0 Å². The van der Waals surface area contributed by atoms with Gasteiger partial charge >= 0.3 is 18.0 Å². The van der Waals surface area contributed by atoms with Crippen LogP contribution in [0.2, 0.25) is 5.02 Å². The van der Waals surface area contributed by atoms with E-state index in [-0.39, 0.29) is 12.2 Å². The Morgan fingerprint density at radius 2 is 1.77 bits per heavy atom. The predicted molar refractivity (Wildman–Crippen MR) is 90.6 cm³/mol. The van der Waals surface area contributed by atoms with Crippen molar-refractivity contribution in [3.63, 3.8) is 0 Å². The number of alkyl halides is 3. The van der Waals surface area contributed by atoms with E-state index >= 15 is 0 Å². The van der Waals surface area contributed by atoms with E-state index in [1.54, 1.807) is 0 Å². The van der Waals surface area contributed by atoms with E-state index in [0.717, 1.165) is 17.2 Å². The zero-order valence-corrected chi connectivity index (χ0v) is 14.2. The second-order valence-electron chi connectivity index (χ2n) is 5.89. The lowest BCUT2D eigenvalue weighted by molar-refractivity contribution is -0.143. The molecule has 0 saturated heterocycles. The highest BCUT2D eigenvalue weighted by Crippen LogP contribution is 2.36. The highest BCUT2D eigenvalue weighted by molar-refractivity contribution is 6.39. The monoisotopic (exact) mass is 382 g/mol. The minimum absolute atomic E-state index is 0.141. The van der Waals surface area contributed by atoms with Crippen LogP contribution in [0.5, 0.6) is 0 Å². The molecule has 0 radical (unpaired) electrons. The third-order valence-electron chi connectivity index (χ3n) is 4.14. The van der Waals surface area contributed by atoms with Gasteiger partial charge in [0.2, 0.25) is 0 Å². The molecular formula is C18H14ClF3N2O2. The molecule has 3 rings (SSSR count). The van der Waals surface area contributed by atoms with Crippen LogP contribution >= 0.6 is 11.6 Å². The number of halogens is 4. The maximum atomic E-state index is 12.9. The van der Waals surface area contributed by atoms with Gasteiger partial charge in [-0.3, -0.25) is 9.59 Å². The normalized spacial score (nSPS) is 13.9. The van der Waals surface area contributed by atoms with Crippen molar-refractivity contribution in [2.45, 2.75) is 19.1 Å². The molecule has 2 aromatic carbocycles. The van der Waals surface area contributed by atoms with Crippen LogP contribution in [0.1, 0.15) is 16.7 Å². The van der Waals surface area contributed by atoms with Crippen LogP contribution in [0.4, 0.5) is 18.9 Å². The van der Waals surface area contributed by atoms with Crippen molar-refractivity contribution in [1.82, 2.24) is 4.90 Å². The van der Waals surface area contributed by atoms with Crippen LogP contribution in [-0.2, 0) is 28.7 Å². The van der Waals surface area contributed by atoms with E-state index in [1.807, 2.05) is 24.3 Å². The summed E-state index contributed by atoms with van der Waals surface area (Å²) in [5.41, 5.74) is 0.851. The van der Waals surface area contributed by atoms with E-state index in [2.05, 4.69) is 5.32 Å². The summed E-state index contributed by atoms with van der Waals surface area (Å²) in [6, 6.07) is 10.5. The SMILES string of the molecule is O=C(Nc1ccc(Cl)c(C(F)(F)F)c1)C(=O)N1CCc2ccccc2C1. The molecule has 1 aliphatic rings. The van der Waals surface area contributed by atoms with Gasteiger partial charge in [-0.15, -0.1) is 0 Å². The second-order valence-corrected chi connectivity index (χ2v) is 6.30. The van der Waals surface area contributed by atoms with Gasteiger partial charge < -0.3 is 10.2 Å². The number of carbonyl (C=O) groups excluding carboxylic acids is 2. The molecule has 2 amide bonds. The van der Waals surface area contributed by atoms with Crippen molar-refractivity contribution in [2.75, 3.05) is 11.9 Å². The molecule has 136 valence electrons. The van der Waals surface area contributed by atoms with Crippen molar-refractivity contribution in [1.29, 1.82) is 0 Å². The lowest BCUT2D eigenvalue weighted by atomic mass is 10.00. The molecular weight excluding hydrogens is 369 g/mol. The number of hydrogen-bond donors (Lipinski definition) is 1. The van der Waals surface area contributed by atoms with Crippen molar-refractivity contribution in [2.24, 2.45) is 0 Å². The maximum absolute atomic E-state index is 12.9. The highest BCUT2D eigenvalue weighted by Gasteiger charge is 2.34. The number of hydrogen-bond acceptors (Lipinski definition) is 2. The largest absolute Gasteiger partial charge is 0.417 e. The fraction of sp³-hybridized carbons (Fsp3) is 0.222. The fourth-order valence-corrected chi connectivity index (χ4v) is 3.04. The summed E-state index contributed by atoms with van der Waals surface area (Å²) in [4.78, 5) is 25.9. The van der Waals surface area contributed by atoms with Gasteiger partial charge in [0.15, 0.2) is 0 Å². The highest BCUT2D eigenvalue weighted by atomic mass is 35.5. The van der Waals surface area contributed by atoms with E-state index in [0.29, 0.717) is 19.0 Å². The van der Waals surface area contributed by atoms with Gasteiger partial charge in [-0.1, -0.05) is 35.9 Å². The van der Waals surface area contributed by atoms with Crippen LogP contribution in [-0.4, -0.2) is 23.3 Å². The Balaban J connectivity index is 1.72. The molecule has 8 heteroatoms. The Kier molecular flexibility index (Phi) is 4.91. The molecule has 0 atom stereocenters. The molecule has 0 aliphatic carbocycles. The lowest BCUT2D eigenvalue weighted by Crippen LogP contribution is -2.42. The van der Waals surface area contributed by atoms with Gasteiger partial charge in [-0.2, -0.15) is 13.2 Å². The van der Waals surface area contributed by atoms with Crippen LogP contribution in [0.15, 0.2) is 42.5 Å². The van der Waals surface area contributed by atoms with Gasteiger partial charge in [0.1, 0.15) is 0 Å². The molecule has 0 fully saturated rings. The first-order chi connectivity index (χ1) is 12.3. The fourth-order valence-electron chi connectivity index (χ4n) is 2.82. The van der Waals surface area contributed by atoms with Crippen molar-refractivity contribution < 1.29 is 22.8 Å². The Hall–Kier alpha value is -2.54. The van der Waals surface area contributed by atoms with Gasteiger partial charge in [0, 0.05) is 18.8 Å². The Labute approximate surface area is 152 Å². The topological polar surface area (TPSA) is 49.4 Å². The first kappa shape index (κ1) is 18.3. The summed E-state index contributed by atoms with van der Waals surface area (Å²) in [6.07, 6.45) is -4.03. The quantitative estimate of drug-likeness (QED) is 0.761. The summed E-state index contributed by atoms with van der Waals surface area (Å²) < 4.78 is 38.7. The Morgan fingerprint density at radius 1 is 1.08 bits per heavy atom. The van der Waals surface area contributed by atoms with E-state index in [9.17, 15) is 22.8 Å². The van der Waals surface area contributed by atoms with E-state index in [4.69, 9.17) is 11.6 Å². The number of nitrogens with one attached hydrogen (secondary N) is 1. The predicted octanol–water partition coefficient (Wildman–Crippen LogP) is 3.88. The maximum Gasteiger partial charge on any atom is 0.417 e. The zero-order valence-electron chi connectivity index (χ0n) is 13.4. The number of anilines is 1. The number of amides is 2. The molecule has 1 N–H and O–H groups in total. The molecule has 0 spiro atoms. The van der Waals surface area contributed by atoms with Crippen LogP contribution in [0.25, 0.3) is 0 Å². The molecule has 0 unspecified atom stereocenters. The number of benzene rings is 2. The standard InChI is InChI=1S/C18H14ClF3N2O2/c19-15-6-5-13(9-14(15)18(20,21)22)23-16(25)17(26)24-8-7-11-3-1-2-4-12(11)10-24/h1-6,9H,7-8,10H2,(H,23,25). The molecule has 26 heavy (non-hydrogen) atoms. The number of nitrogens with zero attached hydrogens (tertiary/aromatic N) is 1. The summed E-state index contributed by atoms with van der Waals surface area (Å²) in [5, 5.41) is 1.74. The van der Waals surface area contributed by atoms with Crippen molar-refractivity contribution in [3.05, 3.63) is 64.2 Å². The van der Waals surface area contributed by atoms with E-state index < -0.39 is 28.6 Å². The summed E-state index contributed by atoms with van der Waals surface area (Å²) in [6.45, 7) is 0.661. The lowest BCUT2D eigenvalue weighted by Gasteiger charge is -2.28. The van der Waals surface area contributed by atoms with Gasteiger partial charge in [0.25, 0.3) is 0 Å². The van der Waals surface area contributed by atoms with Crippen LogP contribution < -0.4 is 5.32 Å². The molecule has 2 aromatic rings. The van der Waals surface area contributed by atoms with Crippen molar-refractivity contribution in [3.8, 4) is 0 Å². The minimum Gasteiger partial charge on any atom is -0.330 e. The molecule has 1 aliphatic heterocycles. The molecule has 0 aromatic heterocycles. The smallest absolute Gasteiger partial charge is 0.330 e. The average Bonchev–Trinajstić information content (AvgIpc) is 2.61. The minimum atomic E-state index is -4.65. The number of rotatable bonds is 1. The first-order valence-electron chi connectivity index (χ1n) is 7.79. The first-order valence-corrected chi connectivity index (χ1v) is 8.17. The third-order valence-corrected chi connectivity index (χ3v) is 4.47. The second kappa shape index (κ2) is 6.99. The zero-order chi connectivity index (χ0) is 18.9. The van der Waals surface area contributed by atoms with Crippen molar-refractivity contribution >= 4 is 29.1 Å². The van der Waals surface area contributed by atoms with Gasteiger partial charge in [0.05, 0.1) is 10.6 Å². The summed E-state index contributed by atoms with van der Waals surface area (Å²) >= 11 is 5.54. The average molecular weight is 383 g/mol. The van der Waals surface area contributed by atoms with E-state index in [1.165, 1.54) is 11.0 Å². The summed E-state index contributed by atoms with van der Waals surface area (Å²) in [5.74, 6) is -1.78. The molecule has 0 bridgehead atoms. The third kappa shape index (κ3) is 3.83. The summed E-state index contributed by atoms with van der Waals surface area (Å²) in [7, 11) is 0. The number of fused-ring (bicyclic) bond motifs is 1. The molecule has 0 saturated carbocycles. The molecule has 1 heterocycles.